The Balaban J connectivity index is 2.88. The molecular weight excluding hydrogens is 140 g/mol. The monoisotopic (exact) mass is 154 g/mol. The second kappa shape index (κ2) is 2.78. The summed E-state index contributed by atoms with van der Waals surface area (Å²) in [5, 5.41) is 8.99. The first-order valence-corrected chi connectivity index (χ1v) is 3.92. The maximum atomic E-state index is 11.4. The molecule has 1 rings (SSSR count). The molecule has 11 heavy (non-hydrogen) atoms. The first-order chi connectivity index (χ1) is 5.10. The normalized spacial score (nSPS) is 31.9. The summed E-state index contributed by atoms with van der Waals surface area (Å²) < 4.78 is 0. The van der Waals surface area contributed by atoms with E-state index in [4.69, 9.17) is 5.11 Å². The summed E-state index contributed by atoms with van der Waals surface area (Å²) >= 11 is 0. The fourth-order valence-electron chi connectivity index (χ4n) is 1.44. The van der Waals surface area contributed by atoms with E-state index in [0.717, 1.165) is 18.4 Å². The molecular formula is C9H14O2. The Morgan fingerprint density at radius 1 is 1.73 bits per heavy atom. The van der Waals surface area contributed by atoms with Gasteiger partial charge in [-0.15, -0.1) is 0 Å². The van der Waals surface area contributed by atoms with Crippen molar-refractivity contribution in [1.29, 1.82) is 0 Å². The molecule has 0 radical (unpaired) electrons. The van der Waals surface area contributed by atoms with Crippen LogP contribution in [0.25, 0.3) is 0 Å². The molecule has 0 heterocycles. The SMILES string of the molecule is CC1=CCCC(C)(CO)C1=O. The maximum Gasteiger partial charge on any atom is 0.166 e. The van der Waals surface area contributed by atoms with Crippen LogP contribution in [0.2, 0.25) is 0 Å². The van der Waals surface area contributed by atoms with Crippen LogP contribution in [0.5, 0.6) is 0 Å². The Hall–Kier alpha value is -0.630. The summed E-state index contributed by atoms with van der Waals surface area (Å²) in [6.45, 7) is 3.61. The zero-order valence-electron chi connectivity index (χ0n) is 7.05. The number of allylic oxidation sites excluding steroid dienone is 2. The summed E-state index contributed by atoms with van der Waals surface area (Å²) in [7, 11) is 0. The van der Waals surface area contributed by atoms with Crippen LogP contribution in [0.15, 0.2) is 11.6 Å². The zero-order valence-corrected chi connectivity index (χ0v) is 7.05. The van der Waals surface area contributed by atoms with Crippen LogP contribution in [0, 0.1) is 5.41 Å². The van der Waals surface area contributed by atoms with E-state index < -0.39 is 5.41 Å². The summed E-state index contributed by atoms with van der Waals surface area (Å²) in [5.41, 5.74) is 0.298. The van der Waals surface area contributed by atoms with E-state index in [1.54, 1.807) is 0 Å². The number of aliphatic hydroxyl groups is 1. The van der Waals surface area contributed by atoms with E-state index >= 15 is 0 Å². The molecule has 0 amide bonds. The van der Waals surface area contributed by atoms with Gasteiger partial charge in [0.05, 0.1) is 12.0 Å². The molecule has 2 nitrogen and oxygen atoms in total. The average molecular weight is 154 g/mol. The second-order valence-electron chi connectivity index (χ2n) is 3.47. The quantitative estimate of drug-likeness (QED) is 0.618. The van der Waals surface area contributed by atoms with Crippen molar-refractivity contribution in [3.8, 4) is 0 Å². The van der Waals surface area contributed by atoms with Crippen molar-refractivity contribution in [1.82, 2.24) is 0 Å². The van der Waals surface area contributed by atoms with E-state index in [9.17, 15) is 4.79 Å². The molecule has 62 valence electrons. The Labute approximate surface area is 66.9 Å². The van der Waals surface area contributed by atoms with Gasteiger partial charge in [-0.05, 0) is 25.3 Å². The standard InChI is InChI=1S/C9H14O2/c1-7-4-3-5-9(2,6-10)8(7)11/h4,10H,3,5-6H2,1-2H3. The predicted octanol–water partition coefficient (Wildman–Crippen LogP) is 1.29. The van der Waals surface area contributed by atoms with Crippen LogP contribution >= 0.6 is 0 Å². The Morgan fingerprint density at radius 2 is 2.36 bits per heavy atom. The highest BCUT2D eigenvalue weighted by Gasteiger charge is 2.34. The summed E-state index contributed by atoms with van der Waals surface area (Å²) in [5.74, 6) is 0.103. The van der Waals surface area contributed by atoms with Gasteiger partial charge >= 0.3 is 0 Å². The van der Waals surface area contributed by atoms with Crippen molar-refractivity contribution in [3.05, 3.63) is 11.6 Å². The molecule has 0 aromatic rings. The van der Waals surface area contributed by atoms with Crippen LogP contribution in [-0.4, -0.2) is 17.5 Å². The summed E-state index contributed by atoms with van der Waals surface area (Å²) in [6, 6.07) is 0. The fraction of sp³-hybridized carbons (Fsp3) is 0.667. The average Bonchev–Trinajstić information content (AvgIpc) is 2.00. The van der Waals surface area contributed by atoms with Crippen molar-refractivity contribution in [2.24, 2.45) is 5.41 Å². The second-order valence-corrected chi connectivity index (χ2v) is 3.47. The maximum absolute atomic E-state index is 11.4. The first kappa shape index (κ1) is 8.47. The molecule has 0 fully saturated rings. The van der Waals surface area contributed by atoms with E-state index in [2.05, 4.69) is 0 Å². The molecule has 1 unspecified atom stereocenters. The highest BCUT2D eigenvalue weighted by atomic mass is 16.3. The molecule has 0 saturated heterocycles. The lowest BCUT2D eigenvalue weighted by Gasteiger charge is -2.28. The number of hydrogen-bond donors (Lipinski definition) is 1. The minimum absolute atomic E-state index is 0.0307. The number of rotatable bonds is 1. The van der Waals surface area contributed by atoms with E-state index in [-0.39, 0.29) is 12.4 Å². The van der Waals surface area contributed by atoms with Crippen molar-refractivity contribution in [2.45, 2.75) is 26.7 Å². The van der Waals surface area contributed by atoms with E-state index in [1.165, 1.54) is 0 Å². The number of Topliss-reactive ketones (excluding diaryl/α,β-unsaturated/α-hetero) is 1. The largest absolute Gasteiger partial charge is 0.395 e. The number of carbonyl (C=O) groups excluding carboxylic acids is 1. The molecule has 0 aliphatic heterocycles. The summed E-state index contributed by atoms with van der Waals surface area (Å²) in [6.07, 6.45) is 3.63. The molecule has 1 atom stereocenters. The van der Waals surface area contributed by atoms with Crippen LogP contribution in [0.3, 0.4) is 0 Å². The molecule has 1 N–H and O–H groups in total. The topological polar surface area (TPSA) is 37.3 Å². The molecule has 0 saturated carbocycles. The molecule has 1 aliphatic rings. The van der Waals surface area contributed by atoms with Crippen LogP contribution in [-0.2, 0) is 4.79 Å². The Kier molecular flexibility index (Phi) is 2.14. The van der Waals surface area contributed by atoms with Crippen LogP contribution in [0.4, 0.5) is 0 Å². The molecule has 0 spiro atoms. The van der Waals surface area contributed by atoms with E-state index in [1.807, 2.05) is 19.9 Å². The lowest BCUT2D eigenvalue weighted by molar-refractivity contribution is -0.127. The van der Waals surface area contributed by atoms with Crippen molar-refractivity contribution < 1.29 is 9.90 Å². The number of carbonyl (C=O) groups is 1. The Morgan fingerprint density at radius 3 is 2.82 bits per heavy atom. The highest BCUT2D eigenvalue weighted by Crippen LogP contribution is 2.31. The highest BCUT2D eigenvalue weighted by molar-refractivity contribution is 5.99. The van der Waals surface area contributed by atoms with Gasteiger partial charge < -0.3 is 5.11 Å². The van der Waals surface area contributed by atoms with Crippen LogP contribution in [0.1, 0.15) is 26.7 Å². The van der Waals surface area contributed by atoms with Gasteiger partial charge in [0.25, 0.3) is 0 Å². The number of aliphatic hydroxyl groups excluding tert-OH is 1. The molecule has 1 aliphatic carbocycles. The lowest BCUT2D eigenvalue weighted by atomic mass is 9.75. The van der Waals surface area contributed by atoms with Gasteiger partial charge in [-0.25, -0.2) is 0 Å². The third kappa shape index (κ3) is 1.36. The van der Waals surface area contributed by atoms with Crippen molar-refractivity contribution >= 4 is 5.78 Å². The minimum atomic E-state index is -0.501. The molecule has 0 aromatic carbocycles. The lowest BCUT2D eigenvalue weighted by Crippen LogP contribution is -2.34. The van der Waals surface area contributed by atoms with Crippen LogP contribution < -0.4 is 0 Å². The van der Waals surface area contributed by atoms with E-state index in [0.29, 0.717) is 0 Å². The van der Waals surface area contributed by atoms with Gasteiger partial charge in [0.1, 0.15) is 0 Å². The smallest absolute Gasteiger partial charge is 0.166 e. The predicted molar refractivity (Wildman–Crippen MR) is 43.2 cm³/mol. The fourth-order valence-corrected chi connectivity index (χ4v) is 1.44. The van der Waals surface area contributed by atoms with Gasteiger partial charge in [0, 0.05) is 0 Å². The van der Waals surface area contributed by atoms with Gasteiger partial charge in [-0.1, -0.05) is 13.0 Å². The molecule has 0 aromatic heterocycles. The van der Waals surface area contributed by atoms with Crippen molar-refractivity contribution in [3.63, 3.8) is 0 Å². The molecule has 2 heteroatoms. The van der Waals surface area contributed by atoms with Crippen molar-refractivity contribution in [2.75, 3.05) is 6.61 Å². The third-order valence-electron chi connectivity index (χ3n) is 2.40. The summed E-state index contributed by atoms with van der Waals surface area (Å²) in [4.78, 5) is 11.4. The minimum Gasteiger partial charge on any atom is -0.395 e. The third-order valence-corrected chi connectivity index (χ3v) is 2.40. The van der Waals surface area contributed by atoms with Gasteiger partial charge in [-0.2, -0.15) is 0 Å². The Bertz CT molecular complexity index is 206. The number of ketones is 1. The zero-order chi connectivity index (χ0) is 8.48. The molecule has 0 bridgehead atoms. The van der Waals surface area contributed by atoms with Gasteiger partial charge in [0.15, 0.2) is 5.78 Å². The number of hydrogen-bond acceptors (Lipinski definition) is 2. The van der Waals surface area contributed by atoms with Gasteiger partial charge in [-0.3, -0.25) is 4.79 Å². The first-order valence-electron chi connectivity index (χ1n) is 3.92. The van der Waals surface area contributed by atoms with Gasteiger partial charge in [0.2, 0.25) is 0 Å².